The quantitative estimate of drug-likeness (QED) is 0.581. The van der Waals surface area contributed by atoms with E-state index in [2.05, 4.69) is 10.6 Å². The molecule has 0 atom stereocenters. The fourth-order valence-electron chi connectivity index (χ4n) is 2.35. The molecule has 0 fully saturated rings. The minimum Gasteiger partial charge on any atom is -0.483 e. The molecular weight excluding hydrogens is 316 g/mol. The van der Waals surface area contributed by atoms with Crippen molar-refractivity contribution in [1.29, 1.82) is 0 Å². The predicted octanol–water partition coefficient (Wildman–Crippen LogP) is 2.87. The van der Waals surface area contributed by atoms with Crippen molar-refractivity contribution in [2.75, 3.05) is 25.1 Å². The van der Waals surface area contributed by atoms with E-state index in [0.717, 1.165) is 36.2 Å². The van der Waals surface area contributed by atoms with Gasteiger partial charge in [-0.05, 0) is 44.5 Å². The van der Waals surface area contributed by atoms with Crippen molar-refractivity contribution in [3.8, 4) is 5.75 Å². The number of amides is 1. The number of para-hydroxylation sites is 1. The van der Waals surface area contributed by atoms with E-state index in [4.69, 9.17) is 9.84 Å². The number of aliphatic hydroxyl groups excluding tert-OH is 1. The third kappa shape index (κ3) is 6.95. The van der Waals surface area contributed by atoms with Gasteiger partial charge in [-0.25, -0.2) is 0 Å². The van der Waals surface area contributed by atoms with Gasteiger partial charge in [0.15, 0.2) is 6.61 Å². The molecule has 25 heavy (non-hydrogen) atoms. The van der Waals surface area contributed by atoms with Crippen molar-refractivity contribution in [1.82, 2.24) is 5.32 Å². The summed E-state index contributed by atoms with van der Waals surface area (Å²) >= 11 is 0. The molecule has 0 aliphatic carbocycles. The molecule has 2 rings (SSSR count). The molecule has 0 spiro atoms. The molecule has 2 aromatic carbocycles. The number of hydrogen-bond donors (Lipinski definition) is 3. The maximum atomic E-state index is 12.0. The lowest BCUT2D eigenvalue weighted by Gasteiger charge is -2.12. The Kier molecular flexibility index (Phi) is 7.95. The molecule has 0 unspecified atom stereocenters. The lowest BCUT2D eigenvalue weighted by Crippen LogP contribution is -2.21. The summed E-state index contributed by atoms with van der Waals surface area (Å²) in [6, 6.07) is 15.3. The Morgan fingerprint density at radius 2 is 1.84 bits per heavy atom. The van der Waals surface area contributed by atoms with Crippen LogP contribution >= 0.6 is 0 Å². The Hall–Kier alpha value is -2.37. The first kappa shape index (κ1) is 19.0. The standard InChI is InChI=1S/C20H26N2O3/c1-16-8-10-18(11-9-16)22-20(24)15-25-19-7-3-2-6-17(19)14-21-12-4-5-13-23/h2-3,6-11,21,23H,4-5,12-15H2,1H3,(H,22,24). The summed E-state index contributed by atoms with van der Waals surface area (Å²) in [4.78, 5) is 12.0. The summed E-state index contributed by atoms with van der Waals surface area (Å²) in [6.45, 7) is 3.69. The second-order valence-corrected chi connectivity index (χ2v) is 5.92. The van der Waals surface area contributed by atoms with Gasteiger partial charge in [0.25, 0.3) is 5.91 Å². The van der Waals surface area contributed by atoms with Crippen molar-refractivity contribution in [3.63, 3.8) is 0 Å². The van der Waals surface area contributed by atoms with Crippen LogP contribution in [0.4, 0.5) is 5.69 Å². The molecule has 0 aliphatic rings. The summed E-state index contributed by atoms with van der Waals surface area (Å²) in [5.74, 6) is 0.519. The van der Waals surface area contributed by atoms with Gasteiger partial charge in [0.05, 0.1) is 0 Å². The molecule has 0 saturated heterocycles. The molecule has 134 valence electrons. The summed E-state index contributed by atoms with van der Waals surface area (Å²) < 4.78 is 5.68. The highest BCUT2D eigenvalue weighted by Crippen LogP contribution is 2.18. The van der Waals surface area contributed by atoms with Crippen molar-refractivity contribution in [2.45, 2.75) is 26.3 Å². The summed E-state index contributed by atoms with van der Waals surface area (Å²) in [5, 5.41) is 14.9. The molecule has 0 aliphatic heterocycles. The van der Waals surface area contributed by atoms with Gasteiger partial charge in [-0.1, -0.05) is 35.9 Å². The van der Waals surface area contributed by atoms with Crippen molar-refractivity contribution < 1.29 is 14.6 Å². The van der Waals surface area contributed by atoms with Crippen LogP contribution in [0.3, 0.4) is 0 Å². The Morgan fingerprint density at radius 1 is 1.08 bits per heavy atom. The normalized spacial score (nSPS) is 10.5. The third-order valence-corrected chi connectivity index (χ3v) is 3.74. The van der Waals surface area contributed by atoms with Gasteiger partial charge >= 0.3 is 0 Å². The van der Waals surface area contributed by atoms with E-state index in [1.165, 1.54) is 0 Å². The monoisotopic (exact) mass is 342 g/mol. The Labute approximate surface area is 149 Å². The van der Waals surface area contributed by atoms with E-state index in [-0.39, 0.29) is 19.1 Å². The van der Waals surface area contributed by atoms with Gasteiger partial charge in [0, 0.05) is 24.4 Å². The zero-order valence-corrected chi connectivity index (χ0v) is 14.6. The van der Waals surface area contributed by atoms with Gasteiger partial charge in [0.2, 0.25) is 0 Å². The number of carbonyl (C=O) groups is 1. The number of rotatable bonds is 10. The van der Waals surface area contributed by atoms with Gasteiger partial charge < -0.3 is 20.5 Å². The zero-order chi connectivity index (χ0) is 17.9. The van der Waals surface area contributed by atoms with Crippen molar-refractivity contribution in [2.24, 2.45) is 0 Å². The molecule has 0 radical (unpaired) electrons. The van der Waals surface area contributed by atoms with Gasteiger partial charge in [0.1, 0.15) is 5.75 Å². The first-order valence-corrected chi connectivity index (χ1v) is 8.58. The van der Waals surface area contributed by atoms with E-state index in [9.17, 15) is 4.79 Å². The number of aryl methyl sites for hydroxylation is 1. The number of nitrogens with one attached hydrogen (secondary N) is 2. The van der Waals surface area contributed by atoms with Crippen molar-refractivity contribution >= 4 is 11.6 Å². The highest BCUT2D eigenvalue weighted by molar-refractivity contribution is 5.91. The van der Waals surface area contributed by atoms with E-state index >= 15 is 0 Å². The summed E-state index contributed by atoms with van der Waals surface area (Å²) in [7, 11) is 0. The molecule has 5 heteroatoms. The fraction of sp³-hybridized carbons (Fsp3) is 0.350. The van der Waals surface area contributed by atoms with Gasteiger partial charge in [-0.15, -0.1) is 0 Å². The lowest BCUT2D eigenvalue weighted by molar-refractivity contribution is -0.118. The van der Waals surface area contributed by atoms with Crippen LogP contribution in [-0.4, -0.2) is 30.8 Å². The molecule has 0 aromatic heterocycles. The largest absolute Gasteiger partial charge is 0.483 e. The molecule has 1 amide bonds. The smallest absolute Gasteiger partial charge is 0.262 e. The van der Waals surface area contributed by atoms with E-state index < -0.39 is 0 Å². The van der Waals surface area contributed by atoms with Crippen LogP contribution in [-0.2, 0) is 11.3 Å². The fourth-order valence-corrected chi connectivity index (χ4v) is 2.35. The third-order valence-electron chi connectivity index (χ3n) is 3.74. The second-order valence-electron chi connectivity index (χ2n) is 5.92. The molecule has 0 saturated carbocycles. The summed E-state index contributed by atoms with van der Waals surface area (Å²) in [5.41, 5.74) is 2.92. The SMILES string of the molecule is Cc1ccc(NC(=O)COc2ccccc2CNCCCCO)cc1. The minimum atomic E-state index is -0.186. The first-order valence-electron chi connectivity index (χ1n) is 8.58. The number of hydrogen-bond acceptors (Lipinski definition) is 4. The van der Waals surface area contributed by atoms with Gasteiger partial charge in [-0.3, -0.25) is 4.79 Å². The van der Waals surface area contributed by atoms with E-state index in [1.807, 2.05) is 55.5 Å². The molecule has 0 bridgehead atoms. The average molecular weight is 342 g/mol. The van der Waals surface area contributed by atoms with Crippen LogP contribution in [0, 0.1) is 6.92 Å². The topological polar surface area (TPSA) is 70.6 Å². The van der Waals surface area contributed by atoms with Crippen LogP contribution in [0.15, 0.2) is 48.5 Å². The molecule has 2 aromatic rings. The summed E-state index contributed by atoms with van der Waals surface area (Å²) in [6.07, 6.45) is 1.73. The Morgan fingerprint density at radius 3 is 2.60 bits per heavy atom. The maximum Gasteiger partial charge on any atom is 0.262 e. The number of benzene rings is 2. The lowest BCUT2D eigenvalue weighted by atomic mass is 10.2. The number of ether oxygens (including phenoxy) is 1. The van der Waals surface area contributed by atoms with Crippen LogP contribution in [0.1, 0.15) is 24.0 Å². The number of anilines is 1. The predicted molar refractivity (Wildman–Crippen MR) is 99.8 cm³/mol. The Bertz CT molecular complexity index is 656. The average Bonchev–Trinajstić information content (AvgIpc) is 2.62. The Balaban J connectivity index is 1.81. The van der Waals surface area contributed by atoms with Crippen LogP contribution in [0.2, 0.25) is 0 Å². The number of aliphatic hydroxyl groups is 1. The van der Waals surface area contributed by atoms with Crippen LogP contribution < -0.4 is 15.4 Å². The van der Waals surface area contributed by atoms with Gasteiger partial charge in [-0.2, -0.15) is 0 Å². The maximum absolute atomic E-state index is 12.0. The number of carbonyl (C=O) groups excluding carboxylic acids is 1. The highest BCUT2D eigenvalue weighted by atomic mass is 16.5. The van der Waals surface area contributed by atoms with Crippen molar-refractivity contribution in [3.05, 3.63) is 59.7 Å². The molecular formula is C20H26N2O3. The van der Waals surface area contributed by atoms with E-state index in [0.29, 0.717) is 12.3 Å². The molecule has 3 N–H and O–H groups in total. The van der Waals surface area contributed by atoms with E-state index in [1.54, 1.807) is 0 Å². The molecule has 5 nitrogen and oxygen atoms in total. The minimum absolute atomic E-state index is 0.0323. The first-order chi connectivity index (χ1) is 12.2. The zero-order valence-electron chi connectivity index (χ0n) is 14.6. The van der Waals surface area contributed by atoms with Crippen LogP contribution in [0.25, 0.3) is 0 Å². The highest BCUT2D eigenvalue weighted by Gasteiger charge is 2.07. The second kappa shape index (κ2) is 10.5. The molecule has 0 heterocycles. The number of unbranched alkanes of at least 4 members (excludes halogenated alkanes) is 1. The van der Waals surface area contributed by atoms with Crippen LogP contribution in [0.5, 0.6) is 5.75 Å².